The van der Waals surface area contributed by atoms with E-state index in [-0.39, 0.29) is 11.6 Å². The molecule has 2 heterocycles. The molecule has 0 spiro atoms. The van der Waals surface area contributed by atoms with E-state index >= 15 is 0 Å². The van der Waals surface area contributed by atoms with Crippen LogP contribution in [0.4, 0.5) is 0 Å². The van der Waals surface area contributed by atoms with Gasteiger partial charge in [0.05, 0.1) is 14.2 Å². The minimum atomic E-state index is -1.24. The second-order valence-corrected chi connectivity index (χ2v) is 4.85. The third-order valence-corrected chi connectivity index (χ3v) is 3.37. The molecular formula is C16H14N4O5. The van der Waals surface area contributed by atoms with Gasteiger partial charge in [-0.25, -0.2) is 14.9 Å². The molecular weight excluding hydrogens is 328 g/mol. The number of hydrogen-bond acceptors (Lipinski definition) is 7. The molecule has 9 nitrogen and oxygen atoms in total. The second-order valence-electron chi connectivity index (χ2n) is 4.85. The van der Waals surface area contributed by atoms with Crippen LogP contribution in [-0.2, 0) is 0 Å². The molecule has 2 N–H and O–H groups in total. The van der Waals surface area contributed by atoms with Gasteiger partial charge in [-0.1, -0.05) is 5.21 Å². The number of ether oxygens (including phenoxy) is 3. The quantitative estimate of drug-likeness (QED) is 0.700. The molecule has 0 saturated heterocycles. The summed E-state index contributed by atoms with van der Waals surface area (Å²) in [5.41, 5.74) is 1.33. The van der Waals surface area contributed by atoms with Gasteiger partial charge in [-0.3, -0.25) is 0 Å². The fourth-order valence-corrected chi connectivity index (χ4v) is 2.18. The van der Waals surface area contributed by atoms with E-state index < -0.39 is 5.97 Å². The molecule has 0 unspecified atom stereocenters. The van der Waals surface area contributed by atoms with Gasteiger partial charge in [-0.05, 0) is 18.2 Å². The summed E-state index contributed by atoms with van der Waals surface area (Å²) in [7, 11) is 3.07. The van der Waals surface area contributed by atoms with Crippen molar-refractivity contribution in [3.63, 3.8) is 0 Å². The molecule has 0 bridgehead atoms. The molecule has 0 aliphatic rings. The Morgan fingerprint density at radius 2 is 2.00 bits per heavy atom. The number of pyridine rings is 1. The summed E-state index contributed by atoms with van der Waals surface area (Å²) in [4.78, 5) is 15.2. The summed E-state index contributed by atoms with van der Waals surface area (Å²) in [5.74, 6) is 0.116. The molecule has 0 aliphatic heterocycles. The van der Waals surface area contributed by atoms with Crippen molar-refractivity contribution in [1.29, 1.82) is 0 Å². The lowest BCUT2D eigenvalue weighted by Gasteiger charge is -2.11. The Morgan fingerprint density at radius 1 is 1.16 bits per heavy atom. The fourth-order valence-electron chi connectivity index (χ4n) is 2.18. The summed E-state index contributed by atoms with van der Waals surface area (Å²) in [6.07, 6.45) is 1.67. The highest BCUT2D eigenvalue weighted by atomic mass is 16.5. The second kappa shape index (κ2) is 6.87. The molecule has 0 amide bonds. The van der Waals surface area contributed by atoms with Gasteiger partial charge >= 0.3 is 5.97 Å². The number of aromatic nitrogens is 4. The largest absolute Gasteiger partial charge is 0.496 e. The summed E-state index contributed by atoms with van der Waals surface area (Å²) in [5, 5.41) is 18.3. The zero-order valence-corrected chi connectivity index (χ0v) is 13.4. The van der Waals surface area contributed by atoms with Crippen LogP contribution >= 0.6 is 0 Å². The van der Waals surface area contributed by atoms with Crippen molar-refractivity contribution in [1.82, 2.24) is 20.4 Å². The molecule has 25 heavy (non-hydrogen) atoms. The Kier molecular flexibility index (Phi) is 4.46. The first-order valence-electron chi connectivity index (χ1n) is 7.13. The van der Waals surface area contributed by atoms with Crippen LogP contribution in [-0.4, -0.2) is 45.7 Å². The first kappa shape index (κ1) is 16.2. The predicted octanol–water partition coefficient (Wildman–Crippen LogP) is 2.37. The van der Waals surface area contributed by atoms with Crippen molar-refractivity contribution in [2.45, 2.75) is 0 Å². The van der Waals surface area contributed by atoms with Gasteiger partial charge in [0.25, 0.3) is 5.88 Å². The summed E-state index contributed by atoms with van der Waals surface area (Å²) >= 11 is 0. The molecule has 0 radical (unpaired) electrons. The van der Waals surface area contributed by atoms with Crippen molar-refractivity contribution in [2.24, 2.45) is 0 Å². The van der Waals surface area contributed by atoms with Crippen molar-refractivity contribution >= 4 is 5.97 Å². The average Bonchev–Trinajstić information content (AvgIpc) is 3.10. The zero-order valence-electron chi connectivity index (χ0n) is 13.4. The van der Waals surface area contributed by atoms with E-state index in [0.29, 0.717) is 17.4 Å². The number of aromatic amines is 1. The lowest BCUT2D eigenvalue weighted by molar-refractivity contribution is 0.0687. The number of hydrogen-bond donors (Lipinski definition) is 2. The number of nitrogens with one attached hydrogen (secondary N) is 1. The van der Waals surface area contributed by atoms with E-state index in [4.69, 9.17) is 19.3 Å². The van der Waals surface area contributed by atoms with E-state index in [1.54, 1.807) is 37.6 Å². The number of carbonyl (C=O) groups is 1. The monoisotopic (exact) mass is 342 g/mol. The standard InChI is InChI=1S/C16H14N4O5/c1-23-12-7-10(25-15-14(16(21)22)18-20-19-15)4-5-11(12)9-3-6-13(24-2)17-8-9/h3-8H,1-2H3,(H,21,22)(H,18,19,20). The molecule has 0 atom stereocenters. The molecule has 0 aliphatic carbocycles. The molecule has 0 saturated carbocycles. The highest BCUT2D eigenvalue weighted by Gasteiger charge is 2.17. The lowest BCUT2D eigenvalue weighted by Crippen LogP contribution is -2.00. The van der Waals surface area contributed by atoms with Gasteiger partial charge in [-0.15, -0.1) is 5.10 Å². The number of benzene rings is 1. The number of aromatic carboxylic acids is 1. The normalized spacial score (nSPS) is 10.3. The van der Waals surface area contributed by atoms with E-state index in [9.17, 15) is 4.79 Å². The summed E-state index contributed by atoms with van der Waals surface area (Å²) < 4.78 is 15.9. The third-order valence-electron chi connectivity index (χ3n) is 3.37. The number of rotatable bonds is 6. The molecule has 2 aromatic heterocycles. The molecule has 1 aromatic carbocycles. The van der Waals surface area contributed by atoms with Crippen LogP contribution in [0.25, 0.3) is 11.1 Å². The van der Waals surface area contributed by atoms with Crippen LogP contribution in [0, 0.1) is 0 Å². The summed E-state index contributed by atoms with van der Waals surface area (Å²) in [6.45, 7) is 0. The molecule has 128 valence electrons. The predicted molar refractivity (Wildman–Crippen MR) is 86.2 cm³/mol. The smallest absolute Gasteiger partial charge is 0.362 e. The van der Waals surface area contributed by atoms with E-state index in [1.165, 1.54) is 7.11 Å². The average molecular weight is 342 g/mol. The Bertz CT molecular complexity index is 892. The number of carboxylic acids is 1. The van der Waals surface area contributed by atoms with Gasteiger partial charge in [0.1, 0.15) is 11.5 Å². The Balaban J connectivity index is 1.91. The van der Waals surface area contributed by atoms with Gasteiger partial charge in [-0.2, -0.15) is 0 Å². The molecule has 0 fully saturated rings. The van der Waals surface area contributed by atoms with Crippen LogP contribution in [0.2, 0.25) is 0 Å². The highest BCUT2D eigenvalue weighted by Crippen LogP contribution is 2.35. The van der Waals surface area contributed by atoms with Gasteiger partial charge in [0.2, 0.25) is 11.6 Å². The molecule has 3 aromatic rings. The maximum atomic E-state index is 11.0. The zero-order chi connectivity index (χ0) is 17.8. The van der Waals surface area contributed by atoms with E-state index in [1.807, 2.05) is 6.07 Å². The van der Waals surface area contributed by atoms with Crippen LogP contribution < -0.4 is 14.2 Å². The number of nitrogens with zero attached hydrogens (tertiary/aromatic N) is 3. The van der Waals surface area contributed by atoms with Crippen molar-refractivity contribution in [3.05, 3.63) is 42.2 Å². The van der Waals surface area contributed by atoms with Gasteiger partial charge < -0.3 is 19.3 Å². The van der Waals surface area contributed by atoms with Gasteiger partial charge in [0, 0.05) is 29.5 Å². The number of H-pyrrole nitrogens is 1. The first-order valence-corrected chi connectivity index (χ1v) is 7.13. The van der Waals surface area contributed by atoms with Crippen LogP contribution in [0.3, 0.4) is 0 Å². The summed E-state index contributed by atoms with van der Waals surface area (Å²) in [6, 6.07) is 8.68. The lowest BCUT2D eigenvalue weighted by atomic mass is 10.1. The SMILES string of the molecule is COc1ccc(-c2ccc(Oc3[nH]nnc3C(=O)O)cc2OC)cn1. The maximum Gasteiger partial charge on any atom is 0.362 e. The third kappa shape index (κ3) is 3.34. The minimum Gasteiger partial charge on any atom is -0.496 e. The van der Waals surface area contributed by atoms with Crippen molar-refractivity contribution in [2.75, 3.05) is 14.2 Å². The fraction of sp³-hybridized carbons (Fsp3) is 0.125. The Labute approximate surface area is 142 Å². The molecule has 9 heteroatoms. The van der Waals surface area contributed by atoms with Crippen LogP contribution in [0.5, 0.6) is 23.3 Å². The minimum absolute atomic E-state index is 0.0617. The van der Waals surface area contributed by atoms with E-state index in [0.717, 1.165) is 11.1 Å². The van der Waals surface area contributed by atoms with Crippen LogP contribution in [0.1, 0.15) is 10.5 Å². The van der Waals surface area contributed by atoms with E-state index in [2.05, 4.69) is 20.4 Å². The topological polar surface area (TPSA) is 119 Å². The van der Waals surface area contributed by atoms with Gasteiger partial charge in [0.15, 0.2) is 0 Å². The molecule has 3 rings (SSSR count). The number of methoxy groups -OCH3 is 2. The van der Waals surface area contributed by atoms with Crippen molar-refractivity contribution in [3.8, 4) is 34.4 Å². The van der Waals surface area contributed by atoms with Crippen LogP contribution in [0.15, 0.2) is 36.5 Å². The Hall–Kier alpha value is -3.62. The highest BCUT2D eigenvalue weighted by molar-refractivity contribution is 5.87. The first-order chi connectivity index (χ1) is 12.1. The van der Waals surface area contributed by atoms with Crippen molar-refractivity contribution < 1.29 is 24.1 Å². The number of carboxylic acid groups (broad SMARTS) is 1. The maximum absolute atomic E-state index is 11.0. The Morgan fingerprint density at radius 3 is 2.64 bits per heavy atom.